The van der Waals surface area contributed by atoms with Crippen molar-refractivity contribution < 1.29 is 8.85 Å². The maximum absolute atomic E-state index is 6.09. The highest BCUT2D eigenvalue weighted by molar-refractivity contribution is 6.70. The van der Waals surface area contributed by atoms with Gasteiger partial charge in [-0.05, 0) is 51.8 Å². The summed E-state index contributed by atoms with van der Waals surface area (Å²) < 4.78 is 12.1. The van der Waals surface area contributed by atoms with Crippen molar-refractivity contribution in [1.29, 1.82) is 0 Å². The van der Waals surface area contributed by atoms with Crippen LogP contribution in [0.5, 0.6) is 0 Å². The molecule has 2 unspecified atom stereocenters. The second kappa shape index (κ2) is 5.23. The Hall–Kier alpha value is -0.146. The van der Waals surface area contributed by atoms with Gasteiger partial charge < -0.3 is 14.2 Å². The molecule has 1 heterocycles. The molecular formula is C11H26N2O2Si2. The maximum Gasteiger partial charge on any atom is 0.188 e. The third-order valence-electron chi connectivity index (χ3n) is 2.12. The molecule has 6 heteroatoms. The van der Waals surface area contributed by atoms with Crippen molar-refractivity contribution in [3.8, 4) is 0 Å². The van der Waals surface area contributed by atoms with E-state index in [1.165, 1.54) is 5.57 Å². The Morgan fingerprint density at radius 1 is 1.00 bits per heavy atom. The molecule has 100 valence electrons. The van der Waals surface area contributed by atoms with E-state index in [9.17, 15) is 0 Å². The van der Waals surface area contributed by atoms with Gasteiger partial charge in [0, 0.05) is 6.20 Å². The van der Waals surface area contributed by atoms with Crippen molar-refractivity contribution in [3.63, 3.8) is 0 Å². The van der Waals surface area contributed by atoms with Crippen LogP contribution in [0.1, 0.15) is 6.92 Å². The van der Waals surface area contributed by atoms with Gasteiger partial charge in [-0.3, -0.25) is 0 Å². The zero-order chi connectivity index (χ0) is 13.3. The van der Waals surface area contributed by atoms with E-state index >= 15 is 0 Å². The summed E-state index contributed by atoms with van der Waals surface area (Å²) in [6.07, 6.45) is 1.84. The lowest BCUT2D eigenvalue weighted by molar-refractivity contribution is 0.0567. The number of rotatable bonds is 4. The van der Waals surface area contributed by atoms with Crippen LogP contribution in [0.15, 0.2) is 11.8 Å². The maximum atomic E-state index is 6.09. The summed E-state index contributed by atoms with van der Waals surface area (Å²) in [5, 5.41) is 6.58. The molecule has 0 aromatic heterocycles. The van der Waals surface area contributed by atoms with Gasteiger partial charge in [0.2, 0.25) is 0 Å². The molecule has 0 aromatic rings. The van der Waals surface area contributed by atoms with Gasteiger partial charge >= 0.3 is 0 Å². The average molecular weight is 275 g/mol. The predicted molar refractivity (Wildman–Crippen MR) is 76.5 cm³/mol. The molecule has 2 N–H and O–H groups in total. The van der Waals surface area contributed by atoms with E-state index in [2.05, 4.69) is 56.8 Å². The number of hydrogen-bond acceptors (Lipinski definition) is 4. The standard InChI is InChI=1S/C11H26N2O2Si2/c1-9-8-12-11(15-17(5,6)7)13-10(9)14-16(2,3)4/h8,10-13H,1-7H3. The Labute approximate surface area is 107 Å². The Morgan fingerprint density at radius 2 is 1.53 bits per heavy atom. The molecule has 0 bridgehead atoms. The van der Waals surface area contributed by atoms with E-state index in [-0.39, 0.29) is 12.6 Å². The van der Waals surface area contributed by atoms with Gasteiger partial charge in [-0.15, -0.1) is 0 Å². The topological polar surface area (TPSA) is 42.5 Å². The Morgan fingerprint density at radius 3 is 2.00 bits per heavy atom. The Bertz CT molecular complexity index is 295. The summed E-state index contributed by atoms with van der Waals surface area (Å²) in [5.74, 6) is 0. The summed E-state index contributed by atoms with van der Waals surface area (Å²) in [6, 6.07) is 0. The van der Waals surface area contributed by atoms with E-state index in [1.54, 1.807) is 0 Å². The van der Waals surface area contributed by atoms with E-state index in [0.717, 1.165) is 0 Å². The first-order valence-corrected chi connectivity index (χ1v) is 12.9. The molecular weight excluding hydrogens is 248 g/mol. The largest absolute Gasteiger partial charge is 0.399 e. The molecule has 0 radical (unpaired) electrons. The van der Waals surface area contributed by atoms with Crippen LogP contribution in [-0.2, 0) is 8.85 Å². The van der Waals surface area contributed by atoms with Gasteiger partial charge in [0.25, 0.3) is 0 Å². The molecule has 0 aromatic carbocycles. The first-order chi connectivity index (χ1) is 7.57. The van der Waals surface area contributed by atoms with Crippen LogP contribution >= 0.6 is 0 Å². The van der Waals surface area contributed by atoms with E-state index in [1.807, 2.05) is 6.20 Å². The van der Waals surface area contributed by atoms with Crippen molar-refractivity contribution in [3.05, 3.63) is 11.8 Å². The molecule has 17 heavy (non-hydrogen) atoms. The average Bonchev–Trinajstić information content (AvgIpc) is 2.05. The Balaban J connectivity index is 2.62. The van der Waals surface area contributed by atoms with Crippen molar-refractivity contribution in [2.75, 3.05) is 0 Å². The molecule has 0 saturated heterocycles. The predicted octanol–water partition coefficient (Wildman–Crippen LogP) is 2.40. The molecule has 1 aliphatic rings. The summed E-state index contributed by atoms with van der Waals surface area (Å²) in [5.41, 5.74) is 1.17. The van der Waals surface area contributed by atoms with E-state index in [4.69, 9.17) is 8.85 Å². The third kappa shape index (κ3) is 5.83. The van der Waals surface area contributed by atoms with Crippen LogP contribution in [-0.4, -0.2) is 29.2 Å². The highest BCUT2D eigenvalue weighted by Gasteiger charge is 2.29. The SMILES string of the molecule is CC1=CNC(O[Si](C)(C)C)NC1O[Si](C)(C)C. The fourth-order valence-electron chi connectivity index (χ4n) is 1.50. The molecule has 0 spiro atoms. The van der Waals surface area contributed by atoms with Crippen LogP contribution < -0.4 is 10.6 Å². The first-order valence-electron chi connectivity index (χ1n) is 6.11. The summed E-state index contributed by atoms with van der Waals surface area (Å²) >= 11 is 0. The molecule has 2 atom stereocenters. The molecule has 1 aliphatic heterocycles. The van der Waals surface area contributed by atoms with Crippen LogP contribution in [0.2, 0.25) is 39.3 Å². The minimum absolute atomic E-state index is 0.0238. The lowest BCUT2D eigenvalue weighted by atomic mass is 10.2. The monoisotopic (exact) mass is 274 g/mol. The minimum atomic E-state index is -1.55. The van der Waals surface area contributed by atoms with Gasteiger partial charge in [-0.25, -0.2) is 5.32 Å². The van der Waals surface area contributed by atoms with Crippen LogP contribution in [0, 0.1) is 0 Å². The molecule has 0 saturated carbocycles. The zero-order valence-corrected chi connectivity index (χ0v) is 14.0. The van der Waals surface area contributed by atoms with E-state index in [0.29, 0.717) is 0 Å². The van der Waals surface area contributed by atoms with Gasteiger partial charge in [-0.1, -0.05) is 0 Å². The smallest absolute Gasteiger partial charge is 0.188 e. The molecule has 1 rings (SSSR count). The summed E-state index contributed by atoms with van der Waals surface area (Å²) in [7, 11) is -3.10. The van der Waals surface area contributed by atoms with Gasteiger partial charge in [-0.2, -0.15) is 0 Å². The highest BCUT2D eigenvalue weighted by Crippen LogP contribution is 2.16. The molecule has 0 amide bonds. The third-order valence-corrected chi connectivity index (χ3v) is 4.01. The fraction of sp³-hybridized carbons (Fsp3) is 0.818. The Kier molecular flexibility index (Phi) is 4.59. The van der Waals surface area contributed by atoms with Crippen molar-refractivity contribution in [2.45, 2.75) is 58.8 Å². The quantitative estimate of drug-likeness (QED) is 0.773. The minimum Gasteiger partial charge on any atom is -0.399 e. The summed E-state index contributed by atoms with van der Waals surface area (Å²) in [6.45, 7) is 15.2. The normalized spacial score (nSPS) is 26.4. The molecule has 0 fully saturated rings. The van der Waals surface area contributed by atoms with E-state index < -0.39 is 16.6 Å². The highest BCUT2D eigenvalue weighted by atomic mass is 28.4. The molecule has 0 aliphatic carbocycles. The van der Waals surface area contributed by atoms with Gasteiger partial charge in [0.15, 0.2) is 23.0 Å². The zero-order valence-electron chi connectivity index (χ0n) is 12.0. The van der Waals surface area contributed by atoms with Crippen molar-refractivity contribution >= 4 is 16.6 Å². The van der Waals surface area contributed by atoms with Crippen molar-refractivity contribution in [1.82, 2.24) is 10.6 Å². The van der Waals surface area contributed by atoms with Crippen LogP contribution in [0.25, 0.3) is 0 Å². The fourth-order valence-corrected chi connectivity index (χ4v) is 3.31. The number of nitrogens with one attached hydrogen (secondary N) is 2. The van der Waals surface area contributed by atoms with Crippen molar-refractivity contribution in [2.24, 2.45) is 0 Å². The van der Waals surface area contributed by atoms with Gasteiger partial charge in [0.1, 0.15) is 6.23 Å². The lowest BCUT2D eigenvalue weighted by Crippen LogP contribution is -2.57. The second-order valence-corrected chi connectivity index (χ2v) is 15.4. The number of hydrogen-bond donors (Lipinski definition) is 2. The first kappa shape index (κ1) is 14.9. The second-order valence-electron chi connectivity index (χ2n) is 6.44. The van der Waals surface area contributed by atoms with Crippen LogP contribution in [0.4, 0.5) is 0 Å². The summed E-state index contributed by atoms with van der Waals surface area (Å²) in [4.78, 5) is 0. The lowest BCUT2D eigenvalue weighted by Gasteiger charge is -2.37. The van der Waals surface area contributed by atoms with Gasteiger partial charge in [0.05, 0.1) is 0 Å². The van der Waals surface area contributed by atoms with Crippen LogP contribution in [0.3, 0.4) is 0 Å². The molecule has 4 nitrogen and oxygen atoms in total.